The summed E-state index contributed by atoms with van der Waals surface area (Å²) in [6.45, 7) is 2.16. The highest BCUT2D eigenvalue weighted by atomic mass is 16.3. The van der Waals surface area contributed by atoms with E-state index in [9.17, 15) is 5.11 Å². The van der Waals surface area contributed by atoms with E-state index in [1.807, 2.05) is 6.92 Å². The van der Waals surface area contributed by atoms with E-state index in [1.165, 1.54) is 0 Å². The van der Waals surface area contributed by atoms with Crippen LogP contribution in [0.15, 0.2) is 0 Å². The Balaban J connectivity index is 2.31. The van der Waals surface area contributed by atoms with Crippen LogP contribution in [0, 0.1) is 5.92 Å². The molecule has 0 aromatic carbocycles. The lowest BCUT2D eigenvalue weighted by Crippen LogP contribution is -2.31. The lowest BCUT2D eigenvalue weighted by atomic mass is 9.80. The van der Waals surface area contributed by atoms with Crippen LogP contribution in [-0.4, -0.2) is 22.4 Å². The molecule has 0 saturated heterocycles. The van der Waals surface area contributed by atoms with Gasteiger partial charge >= 0.3 is 0 Å². The molecule has 2 nitrogen and oxygen atoms in total. The van der Waals surface area contributed by atoms with Crippen LogP contribution in [0.5, 0.6) is 0 Å². The van der Waals surface area contributed by atoms with Gasteiger partial charge in [0.15, 0.2) is 0 Å². The molecule has 1 fully saturated rings. The molecule has 0 amide bonds. The maximum absolute atomic E-state index is 9.51. The summed E-state index contributed by atoms with van der Waals surface area (Å²) >= 11 is 0. The number of rotatable bonds is 1. The van der Waals surface area contributed by atoms with Crippen molar-refractivity contribution in [2.45, 2.75) is 38.2 Å². The fourth-order valence-corrected chi connectivity index (χ4v) is 1.48. The number of aliphatic hydroxyl groups excluding tert-OH is 1. The third-order valence-corrected chi connectivity index (χ3v) is 2.44. The zero-order valence-corrected chi connectivity index (χ0v) is 6.51. The van der Waals surface area contributed by atoms with Gasteiger partial charge in [-0.3, -0.25) is 0 Å². The molecule has 0 spiro atoms. The molecule has 10 heavy (non-hydrogen) atoms. The molecule has 1 saturated carbocycles. The Hall–Kier alpha value is -0.0800. The molecule has 1 aliphatic rings. The zero-order chi connectivity index (χ0) is 7.61. The molecule has 0 aliphatic heterocycles. The fourth-order valence-electron chi connectivity index (χ4n) is 1.48. The minimum absolute atomic E-state index is 0.288. The van der Waals surface area contributed by atoms with Crippen LogP contribution in [0.1, 0.15) is 32.6 Å². The molecule has 0 radical (unpaired) electrons. The van der Waals surface area contributed by atoms with Gasteiger partial charge in [0.1, 0.15) is 0 Å². The van der Waals surface area contributed by atoms with Crippen molar-refractivity contribution < 1.29 is 10.2 Å². The van der Waals surface area contributed by atoms with Gasteiger partial charge in [0, 0.05) is 6.61 Å². The van der Waals surface area contributed by atoms with Crippen molar-refractivity contribution in [1.29, 1.82) is 0 Å². The normalized spacial score (nSPS) is 41.7. The quantitative estimate of drug-likeness (QED) is 0.574. The van der Waals surface area contributed by atoms with E-state index in [2.05, 4.69) is 0 Å². The molecule has 0 aromatic rings. The van der Waals surface area contributed by atoms with Gasteiger partial charge in [-0.25, -0.2) is 0 Å². The van der Waals surface area contributed by atoms with Crippen LogP contribution >= 0.6 is 0 Å². The maximum atomic E-state index is 9.51. The van der Waals surface area contributed by atoms with Crippen molar-refractivity contribution in [3.8, 4) is 0 Å². The van der Waals surface area contributed by atoms with Gasteiger partial charge < -0.3 is 10.2 Å². The van der Waals surface area contributed by atoms with Gasteiger partial charge in [-0.15, -0.1) is 0 Å². The number of hydrogen-bond donors (Lipinski definition) is 2. The molecule has 0 aromatic heterocycles. The van der Waals surface area contributed by atoms with Crippen LogP contribution < -0.4 is 0 Å². The Labute approximate surface area is 61.9 Å². The first-order chi connectivity index (χ1) is 4.64. The van der Waals surface area contributed by atoms with E-state index < -0.39 is 5.60 Å². The summed E-state index contributed by atoms with van der Waals surface area (Å²) in [7, 11) is 0. The lowest BCUT2D eigenvalue weighted by molar-refractivity contribution is -0.000223. The van der Waals surface area contributed by atoms with Gasteiger partial charge in [0.2, 0.25) is 0 Å². The van der Waals surface area contributed by atoms with E-state index in [1.54, 1.807) is 0 Å². The third kappa shape index (κ3) is 1.96. The summed E-state index contributed by atoms with van der Waals surface area (Å²) in [6.07, 6.45) is 3.64. The predicted octanol–water partition coefficient (Wildman–Crippen LogP) is 0.920. The van der Waals surface area contributed by atoms with Crippen LogP contribution in [-0.2, 0) is 0 Å². The molecule has 2 heteroatoms. The topological polar surface area (TPSA) is 40.5 Å². The summed E-state index contributed by atoms with van der Waals surface area (Å²) in [5.41, 5.74) is -0.453. The fraction of sp³-hybridized carbons (Fsp3) is 1.00. The van der Waals surface area contributed by atoms with Gasteiger partial charge in [0.05, 0.1) is 5.60 Å². The van der Waals surface area contributed by atoms with Crippen molar-refractivity contribution in [2.24, 2.45) is 5.92 Å². The van der Waals surface area contributed by atoms with Gasteiger partial charge in [0.25, 0.3) is 0 Å². The Morgan fingerprint density at radius 2 is 1.90 bits per heavy atom. The van der Waals surface area contributed by atoms with E-state index >= 15 is 0 Å². The second kappa shape index (κ2) is 2.89. The smallest absolute Gasteiger partial charge is 0.0620 e. The van der Waals surface area contributed by atoms with E-state index in [4.69, 9.17) is 5.11 Å². The summed E-state index contributed by atoms with van der Waals surface area (Å²) in [5, 5.41) is 18.3. The number of hydrogen-bond acceptors (Lipinski definition) is 2. The Morgan fingerprint density at radius 3 is 2.30 bits per heavy atom. The maximum Gasteiger partial charge on any atom is 0.0620 e. The third-order valence-electron chi connectivity index (χ3n) is 2.44. The molecule has 0 unspecified atom stereocenters. The van der Waals surface area contributed by atoms with Crippen LogP contribution in [0.2, 0.25) is 0 Å². The Bertz CT molecular complexity index is 99.8. The molecule has 1 aliphatic carbocycles. The molecule has 0 atom stereocenters. The second-order valence-corrected chi connectivity index (χ2v) is 3.62. The Kier molecular flexibility index (Phi) is 2.32. The predicted molar refractivity (Wildman–Crippen MR) is 39.7 cm³/mol. The standard InChI is InChI=1S/C8H16O2/c1-8(10)4-2-7(6-9)3-5-8/h7,9-10H,2-6H2,1H3. The second-order valence-electron chi connectivity index (χ2n) is 3.62. The first-order valence-electron chi connectivity index (χ1n) is 3.97. The molecular weight excluding hydrogens is 128 g/mol. The highest BCUT2D eigenvalue weighted by molar-refractivity contribution is 4.80. The average molecular weight is 144 g/mol. The zero-order valence-electron chi connectivity index (χ0n) is 6.51. The van der Waals surface area contributed by atoms with Crippen LogP contribution in [0.3, 0.4) is 0 Å². The first kappa shape index (κ1) is 8.02. The van der Waals surface area contributed by atoms with Gasteiger partial charge in [-0.05, 0) is 38.5 Å². The van der Waals surface area contributed by atoms with Crippen molar-refractivity contribution in [1.82, 2.24) is 0 Å². The molecule has 0 heterocycles. The highest BCUT2D eigenvalue weighted by Gasteiger charge is 2.27. The average Bonchev–Trinajstić information content (AvgIpc) is 1.88. The lowest BCUT2D eigenvalue weighted by Gasteiger charge is -2.31. The summed E-state index contributed by atoms with van der Waals surface area (Å²) < 4.78 is 0. The van der Waals surface area contributed by atoms with Crippen molar-refractivity contribution in [3.63, 3.8) is 0 Å². The van der Waals surface area contributed by atoms with Crippen LogP contribution in [0.25, 0.3) is 0 Å². The van der Waals surface area contributed by atoms with Gasteiger partial charge in [-0.2, -0.15) is 0 Å². The molecule has 0 bridgehead atoms. The van der Waals surface area contributed by atoms with E-state index in [-0.39, 0.29) is 6.61 Å². The largest absolute Gasteiger partial charge is 0.396 e. The summed E-state index contributed by atoms with van der Waals surface area (Å²) in [4.78, 5) is 0. The summed E-state index contributed by atoms with van der Waals surface area (Å²) in [6, 6.07) is 0. The van der Waals surface area contributed by atoms with E-state index in [0.29, 0.717) is 5.92 Å². The minimum atomic E-state index is -0.453. The van der Waals surface area contributed by atoms with Crippen molar-refractivity contribution >= 4 is 0 Å². The molecule has 2 N–H and O–H groups in total. The first-order valence-corrected chi connectivity index (χ1v) is 3.97. The van der Waals surface area contributed by atoms with Gasteiger partial charge in [-0.1, -0.05) is 0 Å². The number of aliphatic hydroxyl groups is 2. The molecule has 1 rings (SSSR count). The minimum Gasteiger partial charge on any atom is -0.396 e. The molecular formula is C8H16O2. The summed E-state index contributed by atoms with van der Waals surface area (Å²) in [5.74, 6) is 0.445. The van der Waals surface area contributed by atoms with Crippen molar-refractivity contribution in [2.75, 3.05) is 6.61 Å². The monoisotopic (exact) mass is 144 g/mol. The Morgan fingerprint density at radius 1 is 1.40 bits per heavy atom. The highest BCUT2D eigenvalue weighted by Crippen LogP contribution is 2.30. The van der Waals surface area contributed by atoms with E-state index in [0.717, 1.165) is 25.7 Å². The van der Waals surface area contributed by atoms with Crippen LogP contribution in [0.4, 0.5) is 0 Å². The molecule has 60 valence electrons. The van der Waals surface area contributed by atoms with Crippen molar-refractivity contribution in [3.05, 3.63) is 0 Å². The SMILES string of the molecule is CC1(O)CCC(CO)CC1.